The van der Waals surface area contributed by atoms with E-state index in [2.05, 4.69) is 67.4 Å². The van der Waals surface area contributed by atoms with E-state index in [0.717, 1.165) is 24.5 Å². The third-order valence-electron chi connectivity index (χ3n) is 3.80. The Morgan fingerprint density at radius 2 is 1.75 bits per heavy atom. The summed E-state index contributed by atoms with van der Waals surface area (Å²) in [5.41, 5.74) is 2.66. The number of rotatable bonds is 4. The first-order valence-corrected chi connectivity index (χ1v) is 9.22. The molecule has 1 heterocycles. The maximum Gasteiger partial charge on any atom is 0.0567 e. The number of nitrogens with zero attached hydrogens (tertiary/aromatic N) is 1. The summed E-state index contributed by atoms with van der Waals surface area (Å²) in [7, 11) is 0. The van der Waals surface area contributed by atoms with Gasteiger partial charge in [-0.05, 0) is 64.1 Å². The molecule has 1 aliphatic heterocycles. The standard InChI is InChI=1S/C19H23ClN2S.BrH/c1-19(2,3)21-11-6-12-22-15-7-4-5-8-17(15)23-18-10-9-14(20)13-16(18)22;/h4-5,7-10,13,21H,6,11-12H2,1-3H3;1H. The molecule has 0 radical (unpaired) electrons. The van der Waals surface area contributed by atoms with Crippen LogP contribution in [0.4, 0.5) is 11.4 Å². The molecule has 2 aromatic rings. The molecular weight excluding hydrogens is 404 g/mol. The van der Waals surface area contributed by atoms with Gasteiger partial charge in [0.15, 0.2) is 0 Å². The largest absolute Gasteiger partial charge is 0.340 e. The Morgan fingerprint density at radius 3 is 2.50 bits per heavy atom. The van der Waals surface area contributed by atoms with E-state index in [1.54, 1.807) is 0 Å². The van der Waals surface area contributed by atoms with Crippen molar-refractivity contribution in [3.05, 3.63) is 47.5 Å². The van der Waals surface area contributed by atoms with Crippen molar-refractivity contribution in [3.63, 3.8) is 0 Å². The predicted octanol–water partition coefficient (Wildman–Crippen LogP) is 6.30. The molecule has 2 nitrogen and oxygen atoms in total. The van der Waals surface area contributed by atoms with Crippen LogP contribution >= 0.6 is 40.3 Å². The molecule has 0 atom stereocenters. The third-order valence-corrected chi connectivity index (χ3v) is 5.17. The van der Waals surface area contributed by atoms with Gasteiger partial charge in [0.05, 0.1) is 11.4 Å². The molecule has 0 bridgehead atoms. The summed E-state index contributed by atoms with van der Waals surface area (Å²) < 4.78 is 0. The lowest BCUT2D eigenvalue weighted by molar-refractivity contribution is 0.423. The van der Waals surface area contributed by atoms with Crippen molar-refractivity contribution in [3.8, 4) is 0 Å². The van der Waals surface area contributed by atoms with Crippen LogP contribution in [0.5, 0.6) is 0 Å². The summed E-state index contributed by atoms with van der Waals surface area (Å²) >= 11 is 8.06. The molecule has 0 saturated carbocycles. The van der Waals surface area contributed by atoms with E-state index in [-0.39, 0.29) is 22.5 Å². The lowest BCUT2D eigenvalue weighted by Gasteiger charge is -2.33. The summed E-state index contributed by atoms with van der Waals surface area (Å²) in [4.78, 5) is 4.99. The molecule has 0 unspecified atom stereocenters. The van der Waals surface area contributed by atoms with Crippen molar-refractivity contribution < 1.29 is 0 Å². The fourth-order valence-corrected chi connectivity index (χ4v) is 3.99. The van der Waals surface area contributed by atoms with Crippen LogP contribution in [0.25, 0.3) is 0 Å². The monoisotopic (exact) mass is 426 g/mol. The van der Waals surface area contributed by atoms with Gasteiger partial charge < -0.3 is 10.2 Å². The van der Waals surface area contributed by atoms with Crippen molar-refractivity contribution in [1.82, 2.24) is 5.32 Å². The Bertz CT molecular complexity index is 700. The molecule has 2 aromatic carbocycles. The first-order valence-electron chi connectivity index (χ1n) is 8.03. The zero-order valence-electron chi connectivity index (χ0n) is 14.3. The smallest absolute Gasteiger partial charge is 0.0567 e. The van der Waals surface area contributed by atoms with Crippen molar-refractivity contribution in [2.45, 2.75) is 42.5 Å². The molecule has 1 aliphatic rings. The Morgan fingerprint density at radius 1 is 1.04 bits per heavy atom. The van der Waals surface area contributed by atoms with Crippen LogP contribution in [0.3, 0.4) is 0 Å². The van der Waals surface area contributed by atoms with Gasteiger partial charge in [-0.3, -0.25) is 0 Å². The fraction of sp³-hybridized carbons (Fsp3) is 0.368. The van der Waals surface area contributed by atoms with Gasteiger partial charge >= 0.3 is 0 Å². The van der Waals surface area contributed by atoms with E-state index in [0.29, 0.717) is 0 Å². The van der Waals surface area contributed by atoms with Crippen LogP contribution in [0.15, 0.2) is 52.3 Å². The molecule has 1 N–H and O–H groups in total. The maximum absolute atomic E-state index is 6.24. The molecule has 130 valence electrons. The zero-order chi connectivity index (χ0) is 16.4. The molecule has 0 fully saturated rings. The highest BCUT2D eigenvalue weighted by Crippen LogP contribution is 2.48. The SMILES string of the molecule is Br.CC(C)(C)NCCCN1c2ccccc2Sc2ccc(Cl)cc21. The van der Waals surface area contributed by atoms with Crippen LogP contribution in [-0.4, -0.2) is 18.6 Å². The van der Waals surface area contributed by atoms with Crippen LogP contribution in [0, 0.1) is 0 Å². The van der Waals surface area contributed by atoms with Gasteiger partial charge in [-0.1, -0.05) is 35.5 Å². The Hall–Kier alpha value is -0.680. The molecule has 0 saturated heterocycles. The van der Waals surface area contributed by atoms with Gasteiger partial charge in [-0.2, -0.15) is 0 Å². The maximum atomic E-state index is 6.24. The second-order valence-corrected chi connectivity index (χ2v) is 8.38. The number of para-hydroxylation sites is 1. The minimum Gasteiger partial charge on any atom is -0.340 e. The Balaban J connectivity index is 0.00000208. The molecule has 0 amide bonds. The summed E-state index contributed by atoms with van der Waals surface area (Å²) in [6.07, 6.45) is 1.09. The Kier molecular flexibility index (Phi) is 6.66. The first-order chi connectivity index (χ1) is 10.9. The second-order valence-electron chi connectivity index (χ2n) is 6.86. The van der Waals surface area contributed by atoms with Gasteiger partial charge in [-0.15, -0.1) is 17.0 Å². The van der Waals surface area contributed by atoms with Crippen LogP contribution in [0.1, 0.15) is 27.2 Å². The third kappa shape index (κ3) is 4.69. The number of halogens is 2. The lowest BCUT2D eigenvalue weighted by atomic mass is 10.1. The number of anilines is 2. The molecular formula is C19H24BrClN2S. The fourth-order valence-electron chi connectivity index (χ4n) is 2.74. The highest BCUT2D eigenvalue weighted by atomic mass is 79.9. The summed E-state index contributed by atoms with van der Waals surface area (Å²) in [5, 5.41) is 4.36. The van der Waals surface area contributed by atoms with Crippen LogP contribution in [0.2, 0.25) is 5.02 Å². The van der Waals surface area contributed by atoms with E-state index in [4.69, 9.17) is 11.6 Å². The van der Waals surface area contributed by atoms with Gasteiger partial charge in [-0.25, -0.2) is 0 Å². The van der Waals surface area contributed by atoms with Crippen LogP contribution in [-0.2, 0) is 0 Å². The van der Waals surface area contributed by atoms with Gasteiger partial charge in [0.1, 0.15) is 0 Å². The summed E-state index contributed by atoms with van der Waals surface area (Å²) in [6.45, 7) is 8.60. The topological polar surface area (TPSA) is 15.3 Å². The van der Waals surface area contributed by atoms with Gasteiger partial charge in [0.2, 0.25) is 0 Å². The molecule has 24 heavy (non-hydrogen) atoms. The van der Waals surface area contributed by atoms with Crippen molar-refractivity contribution in [1.29, 1.82) is 0 Å². The van der Waals surface area contributed by atoms with Gasteiger partial charge in [0.25, 0.3) is 0 Å². The zero-order valence-corrected chi connectivity index (χ0v) is 17.6. The Labute approximate surface area is 164 Å². The summed E-state index contributed by atoms with van der Waals surface area (Å²) in [5.74, 6) is 0. The van der Waals surface area contributed by atoms with Crippen molar-refractivity contribution in [2.75, 3.05) is 18.0 Å². The number of hydrogen-bond donors (Lipinski definition) is 1. The highest BCUT2D eigenvalue weighted by Gasteiger charge is 2.23. The average Bonchev–Trinajstić information content (AvgIpc) is 2.50. The lowest BCUT2D eigenvalue weighted by Crippen LogP contribution is -2.37. The average molecular weight is 428 g/mol. The van der Waals surface area contributed by atoms with Gasteiger partial charge in [0, 0.05) is 26.9 Å². The van der Waals surface area contributed by atoms with E-state index in [9.17, 15) is 0 Å². The number of hydrogen-bond acceptors (Lipinski definition) is 3. The molecule has 0 spiro atoms. The minimum atomic E-state index is 0. The number of benzene rings is 2. The first kappa shape index (κ1) is 19.6. The predicted molar refractivity (Wildman–Crippen MR) is 112 cm³/mol. The van der Waals surface area contributed by atoms with E-state index < -0.39 is 0 Å². The number of nitrogens with one attached hydrogen (secondary N) is 1. The molecule has 0 aromatic heterocycles. The molecule has 3 rings (SSSR count). The minimum absolute atomic E-state index is 0. The normalized spacial score (nSPS) is 13.1. The summed E-state index contributed by atoms with van der Waals surface area (Å²) in [6, 6.07) is 14.8. The quantitative estimate of drug-likeness (QED) is 0.576. The van der Waals surface area contributed by atoms with Crippen molar-refractivity contribution >= 4 is 51.7 Å². The molecule has 0 aliphatic carbocycles. The molecule has 5 heteroatoms. The van der Waals surface area contributed by atoms with E-state index >= 15 is 0 Å². The van der Waals surface area contributed by atoms with E-state index in [1.165, 1.54) is 21.2 Å². The number of fused-ring (bicyclic) bond motifs is 2. The van der Waals surface area contributed by atoms with Crippen molar-refractivity contribution in [2.24, 2.45) is 0 Å². The highest BCUT2D eigenvalue weighted by molar-refractivity contribution is 8.93. The second kappa shape index (κ2) is 8.13. The van der Waals surface area contributed by atoms with E-state index in [1.807, 2.05) is 17.8 Å². The van der Waals surface area contributed by atoms with Crippen LogP contribution < -0.4 is 10.2 Å².